The average Bonchev–Trinajstić information content (AvgIpc) is 2.46. The highest BCUT2D eigenvalue weighted by molar-refractivity contribution is 6.30. The van der Waals surface area contributed by atoms with Crippen molar-refractivity contribution < 1.29 is 5.11 Å². The molecule has 106 valence electrons. The summed E-state index contributed by atoms with van der Waals surface area (Å²) in [7, 11) is 0. The van der Waals surface area contributed by atoms with Crippen molar-refractivity contribution in [1.82, 2.24) is 5.32 Å². The molecule has 2 N–H and O–H groups in total. The summed E-state index contributed by atoms with van der Waals surface area (Å²) in [6, 6.07) is 8.27. The number of benzene rings is 1. The van der Waals surface area contributed by atoms with Gasteiger partial charge in [-0.15, -0.1) is 0 Å². The van der Waals surface area contributed by atoms with Gasteiger partial charge in [-0.05, 0) is 37.5 Å². The third-order valence-electron chi connectivity index (χ3n) is 4.40. The first kappa shape index (κ1) is 14.8. The Morgan fingerprint density at radius 2 is 1.84 bits per heavy atom. The SMILES string of the molecule is C[C@H](NCC1(CO)CCCCC1)c1ccc(Cl)cc1. The van der Waals surface area contributed by atoms with E-state index in [0.29, 0.717) is 12.6 Å². The van der Waals surface area contributed by atoms with Crippen molar-refractivity contribution in [2.75, 3.05) is 13.2 Å². The normalized spacial score (nSPS) is 20.2. The molecule has 2 nitrogen and oxygen atoms in total. The quantitative estimate of drug-likeness (QED) is 0.857. The molecule has 0 spiro atoms. The van der Waals surface area contributed by atoms with Crippen molar-refractivity contribution in [3.8, 4) is 0 Å². The van der Waals surface area contributed by atoms with E-state index >= 15 is 0 Å². The smallest absolute Gasteiger partial charge is 0.0499 e. The molecular weight excluding hydrogens is 258 g/mol. The van der Waals surface area contributed by atoms with Crippen molar-refractivity contribution >= 4 is 11.6 Å². The number of aliphatic hydroxyl groups excluding tert-OH is 1. The molecule has 0 radical (unpaired) electrons. The van der Waals surface area contributed by atoms with Crippen LogP contribution in [-0.2, 0) is 0 Å². The van der Waals surface area contributed by atoms with Crippen molar-refractivity contribution in [3.05, 3.63) is 34.9 Å². The molecule has 0 heterocycles. The van der Waals surface area contributed by atoms with Gasteiger partial charge in [-0.2, -0.15) is 0 Å². The summed E-state index contributed by atoms with van der Waals surface area (Å²) < 4.78 is 0. The molecule has 0 unspecified atom stereocenters. The van der Waals surface area contributed by atoms with Gasteiger partial charge in [0.25, 0.3) is 0 Å². The van der Waals surface area contributed by atoms with Gasteiger partial charge in [-0.1, -0.05) is 43.0 Å². The molecule has 1 aromatic rings. The Labute approximate surface area is 121 Å². The topological polar surface area (TPSA) is 32.3 Å². The molecule has 1 aliphatic rings. The molecule has 3 heteroatoms. The summed E-state index contributed by atoms with van der Waals surface area (Å²) in [5.41, 5.74) is 1.34. The maximum atomic E-state index is 9.70. The van der Waals surface area contributed by atoms with E-state index in [4.69, 9.17) is 11.6 Å². The van der Waals surface area contributed by atoms with Crippen LogP contribution >= 0.6 is 11.6 Å². The van der Waals surface area contributed by atoms with Crippen molar-refractivity contribution in [2.24, 2.45) is 5.41 Å². The van der Waals surface area contributed by atoms with Crippen LogP contribution in [0, 0.1) is 5.41 Å². The summed E-state index contributed by atoms with van der Waals surface area (Å²) >= 11 is 5.91. The van der Waals surface area contributed by atoms with Gasteiger partial charge in [0.1, 0.15) is 0 Å². The van der Waals surface area contributed by atoms with E-state index in [1.54, 1.807) is 0 Å². The highest BCUT2D eigenvalue weighted by Gasteiger charge is 2.31. The first-order chi connectivity index (χ1) is 9.15. The Balaban J connectivity index is 1.91. The average molecular weight is 282 g/mol. The van der Waals surface area contributed by atoms with Crippen molar-refractivity contribution in [3.63, 3.8) is 0 Å². The summed E-state index contributed by atoms with van der Waals surface area (Å²) in [4.78, 5) is 0. The standard InChI is InChI=1S/C16H24ClNO/c1-13(14-5-7-15(17)8-6-14)18-11-16(12-19)9-3-2-4-10-16/h5-8,13,18-19H,2-4,9-12H2,1H3/t13-/m0/s1. The van der Waals surface area contributed by atoms with E-state index in [-0.39, 0.29) is 5.41 Å². The van der Waals surface area contributed by atoms with Gasteiger partial charge in [0.2, 0.25) is 0 Å². The van der Waals surface area contributed by atoms with E-state index in [1.165, 1.54) is 24.8 Å². The minimum absolute atomic E-state index is 0.0962. The number of hydrogen-bond donors (Lipinski definition) is 2. The fourth-order valence-corrected chi connectivity index (χ4v) is 3.06. The van der Waals surface area contributed by atoms with Crippen LogP contribution in [0.3, 0.4) is 0 Å². The van der Waals surface area contributed by atoms with Crippen molar-refractivity contribution in [2.45, 2.75) is 45.1 Å². The van der Waals surface area contributed by atoms with Crippen molar-refractivity contribution in [1.29, 1.82) is 0 Å². The van der Waals surface area contributed by atoms with Gasteiger partial charge in [-0.25, -0.2) is 0 Å². The van der Waals surface area contributed by atoms with Gasteiger partial charge >= 0.3 is 0 Å². The summed E-state index contributed by atoms with van der Waals surface area (Å²) in [6.07, 6.45) is 6.09. The number of rotatable bonds is 5. The maximum absolute atomic E-state index is 9.70. The lowest BCUT2D eigenvalue weighted by molar-refractivity contribution is 0.0789. The van der Waals surface area contributed by atoms with Crippen LogP contribution in [0.2, 0.25) is 5.02 Å². The highest BCUT2D eigenvalue weighted by Crippen LogP contribution is 2.35. The fraction of sp³-hybridized carbons (Fsp3) is 0.625. The molecular formula is C16H24ClNO. The molecule has 0 aliphatic heterocycles. The van der Waals surface area contributed by atoms with E-state index in [1.807, 2.05) is 12.1 Å². The lowest BCUT2D eigenvalue weighted by Gasteiger charge is -2.36. The molecule has 0 saturated heterocycles. The Kier molecular flexibility index (Phi) is 5.26. The van der Waals surface area contributed by atoms with Gasteiger partial charge in [-0.3, -0.25) is 0 Å². The van der Waals surface area contributed by atoms with Gasteiger partial charge in [0.15, 0.2) is 0 Å². The zero-order valence-corrected chi connectivity index (χ0v) is 12.4. The van der Waals surface area contributed by atoms with Crippen LogP contribution in [0.25, 0.3) is 0 Å². The predicted octanol–water partition coefficient (Wildman–Crippen LogP) is 3.93. The zero-order chi connectivity index (χ0) is 13.7. The van der Waals surface area contributed by atoms with E-state index in [9.17, 15) is 5.11 Å². The fourth-order valence-electron chi connectivity index (χ4n) is 2.93. The lowest BCUT2D eigenvalue weighted by Crippen LogP contribution is -2.39. The highest BCUT2D eigenvalue weighted by atomic mass is 35.5. The van der Waals surface area contributed by atoms with Crippen LogP contribution < -0.4 is 5.32 Å². The van der Waals surface area contributed by atoms with Crippen LogP contribution in [-0.4, -0.2) is 18.3 Å². The van der Waals surface area contributed by atoms with E-state index in [2.05, 4.69) is 24.4 Å². The number of halogens is 1. The van der Waals surface area contributed by atoms with Gasteiger partial charge in [0, 0.05) is 29.6 Å². The number of aliphatic hydroxyl groups is 1. The molecule has 19 heavy (non-hydrogen) atoms. The summed E-state index contributed by atoms with van der Waals surface area (Å²) in [5.74, 6) is 0. The maximum Gasteiger partial charge on any atom is 0.0499 e. The largest absolute Gasteiger partial charge is 0.396 e. The van der Waals surface area contributed by atoms with Crippen LogP contribution in [0.4, 0.5) is 0 Å². The molecule has 2 rings (SSSR count). The minimum Gasteiger partial charge on any atom is -0.396 e. The minimum atomic E-state index is 0.0962. The Morgan fingerprint density at radius 1 is 1.21 bits per heavy atom. The zero-order valence-electron chi connectivity index (χ0n) is 11.7. The second-order valence-corrected chi connectivity index (χ2v) is 6.31. The third-order valence-corrected chi connectivity index (χ3v) is 4.65. The molecule has 1 aromatic carbocycles. The van der Waals surface area contributed by atoms with Gasteiger partial charge < -0.3 is 10.4 Å². The monoisotopic (exact) mass is 281 g/mol. The second-order valence-electron chi connectivity index (χ2n) is 5.87. The van der Waals surface area contributed by atoms with E-state index < -0.39 is 0 Å². The molecule has 1 fully saturated rings. The van der Waals surface area contributed by atoms with Crippen LogP contribution in [0.1, 0.15) is 50.6 Å². The summed E-state index contributed by atoms with van der Waals surface area (Å²) in [6.45, 7) is 3.36. The Hall–Kier alpha value is -0.570. The lowest BCUT2D eigenvalue weighted by atomic mass is 9.74. The first-order valence-corrected chi connectivity index (χ1v) is 7.63. The predicted molar refractivity (Wildman–Crippen MR) is 80.5 cm³/mol. The van der Waals surface area contributed by atoms with Crippen LogP contribution in [0.5, 0.6) is 0 Å². The second kappa shape index (κ2) is 6.74. The molecule has 0 bridgehead atoms. The number of nitrogens with one attached hydrogen (secondary N) is 1. The number of hydrogen-bond acceptors (Lipinski definition) is 2. The molecule has 1 aliphatic carbocycles. The van der Waals surface area contributed by atoms with Crippen LogP contribution in [0.15, 0.2) is 24.3 Å². The molecule has 1 atom stereocenters. The molecule has 1 saturated carbocycles. The third kappa shape index (κ3) is 3.95. The Morgan fingerprint density at radius 3 is 2.42 bits per heavy atom. The Bertz CT molecular complexity index is 384. The summed E-state index contributed by atoms with van der Waals surface area (Å²) in [5, 5.41) is 14.1. The molecule has 0 amide bonds. The van der Waals surface area contributed by atoms with E-state index in [0.717, 1.165) is 24.4 Å². The van der Waals surface area contributed by atoms with Gasteiger partial charge in [0.05, 0.1) is 0 Å². The first-order valence-electron chi connectivity index (χ1n) is 7.25. The molecule has 0 aromatic heterocycles.